The third-order valence-corrected chi connectivity index (χ3v) is 4.38. The SMILES string of the molecule is CCOC(=O)C(C)N1CCN(C(C)(C)C(N)=S)CC1. The Morgan fingerprint density at radius 2 is 1.89 bits per heavy atom. The van der Waals surface area contributed by atoms with Crippen LogP contribution in [0.2, 0.25) is 0 Å². The number of hydrogen-bond donors (Lipinski definition) is 1. The van der Waals surface area contributed by atoms with Crippen molar-refractivity contribution in [2.24, 2.45) is 5.73 Å². The third kappa shape index (κ3) is 3.87. The van der Waals surface area contributed by atoms with Crippen molar-refractivity contribution in [3.8, 4) is 0 Å². The zero-order chi connectivity index (χ0) is 14.6. The number of hydrogen-bond acceptors (Lipinski definition) is 5. The van der Waals surface area contributed by atoms with Crippen molar-refractivity contribution in [2.75, 3.05) is 32.8 Å². The third-order valence-electron chi connectivity index (χ3n) is 3.88. The summed E-state index contributed by atoms with van der Waals surface area (Å²) < 4.78 is 5.05. The van der Waals surface area contributed by atoms with E-state index in [1.807, 2.05) is 27.7 Å². The summed E-state index contributed by atoms with van der Waals surface area (Å²) in [5, 5.41) is 0. The quantitative estimate of drug-likeness (QED) is 0.591. The molecule has 0 spiro atoms. The van der Waals surface area contributed by atoms with Gasteiger partial charge in [0, 0.05) is 26.2 Å². The van der Waals surface area contributed by atoms with Gasteiger partial charge in [-0.1, -0.05) is 12.2 Å². The van der Waals surface area contributed by atoms with Gasteiger partial charge < -0.3 is 10.5 Å². The van der Waals surface area contributed by atoms with Crippen molar-refractivity contribution in [2.45, 2.75) is 39.3 Å². The van der Waals surface area contributed by atoms with Gasteiger partial charge in [0.15, 0.2) is 0 Å². The van der Waals surface area contributed by atoms with Gasteiger partial charge >= 0.3 is 5.97 Å². The summed E-state index contributed by atoms with van der Waals surface area (Å²) in [4.78, 5) is 16.6. The normalized spacial score (nSPS) is 20.0. The molecule has 2 N–H and O–H groups in total. The van der Waals surface area contributed by atoms with E-state index in [9.17, 15) is 4.79 Å². The molecule has 5 nitrogen and oxygen atoms in total. The summed E-state index contributed by atoms with van der Waals surface area (Å²) in [7, 11) is 0. The highest BCUT2D eigenvalue weighted by molar-refractivity contribution is 7.80. The molecule has 1 rings (SSSR count). The maximum atomic E-state index is 11.7. The van der Waals surface area contributed by atoms with Crippen LogP contribution in [0.1, 0.15) is 27.7 Å². The Morgan fingerprint density at radius 1 is 1.37 bits per heavy atom. The van der Waals surface area contributed by atoms with Gasteiger partial charge in [0.05, 0.1) is 17.1 Å². The summed E-state index contributed by atoms with van der Waals surface area (Å²) >= 11 is 5.12. The molecule has 0 amide bonds. The number of rotatable bonds is 5. The average molecular weight is 287 g/mol. The van der Waals surface area contributed by atoms with Crippen LogP contribution < -0.4 is 5.73 Å². The average Bonchev–Trinajstić information content (AvgIpc) is 2.38. The molecule has 1 aliphatic rings. The van der Waals surface area contributed by atoms with E-state index in [1.165, 1.54) is 0 Å². The minimum atomic E-state index is -0.269. The fourth-order valence-corrected chi connectivity index (χ4v) is 2.37. The zero-order valence-corrected chi connectivity index (χ0v) is 13.1. The second-order valence-electron chi connectivity index (χ2n) is 5.37. The Morgan fingerprint density at radius 3 is 2.32 bits per heavy atom. The van der Waals surface area contributed by atoms with E-state index in [-0.39, 0.29) is 17.6 Å². The molecule has 1 fully saturated rings. The summed E-state index contributed by atoms with van der Waals surface area (Å²) in [5.41, 5.74) is 5.52. The number of nitrogens with two attached hydrogens (primary N) is 1. The van der Waals surface area contributed by atoms with Crippen LogP contribution in [-0.2, 0) is 9.53 Å². The van der Waals surface area contributed by atoms with Gasteiger partial charge in [-0.15, -0.1) is 0 Å². The van der Waals surface area contributed by atoms with Crippen LogP contribution >= 0.6 is 12.2 Å². The topological polar surface area (TPSA) is 58.8 Å². The summed E-state index contributed by atoms with van der Waals surface area (Å²) in [5.74, 6) is -0.149. The fraction of sp³-hybridized carbons (Fsp3) is 0.846. The Kier molecular flexibility index (Phi) is 5.70. The van der Waals surface area contributed by atoms with Gasteiger partial charge in [-0.25, -0.2) is 0 Å². The molecule has 0 radical (unpaired) electrons. The highest BCUT2D eigenvalue weighted by Gasteiger charge is 2.34. The van der Waals surface area contributed by atoms with E-state index in [4.69, 9.17) is 22.7 Å². The Bertz CT molecular complexity index is 339. The lowest BCUT2D eigenvalue weighted by Crippen LogP contribution is -2.60. The van der Waals surface area contributed by atoms with Crippen molar-refractivity contribution < 1.29 is 9.53 Å². The molecule has 110 valence electrons. The first-order valence-electron chi connectivity index (χ1n) is 6.76. The summed E-state index contributed by atoms with van der Waals surface area (Å²) in [6, 6.07) is -0.185. The molecule has 0 bridgehead atoms. The first-order chi connectivity index (χ1) is 8.80. The lowest BCUT2D eigenvalue weighted by molar-refractivity contribution is -0.149. The minimum absolute atomic E-state index is 0.149. The molecule has 1 aliphatic heterocycles. The number of ether oxygens (including phenoxy) is 1. The molecule has 1 saturated heterocycles. The highest BCUT2D eigenvalue weighted by Crippen LogP contribution is 2.18. The van der Waals surface area contributed by atoms with E-state index in [2.05, 4.69) is 9.80 Å². The molecule has 0 aromatic rings. The van der Waals surface area contributed by atoms with Crippen molar-refractivity contribution in [1.82, 2.24) is 9.80 Å². The highest BCUT2D eigenvalue weighted by atomic mass is 32.1. The zero-order valence-electron chi connectivity index (χ0n) is 12.3. The fourth-order valence-electron chi connectivity index (χ4n) is 2.24. The van der Waals surface area contributed by atoms with Gasteiger partial charge in [0.25, 0.3) is 0 Å². The van der Waals surface area contributed by atoms with Gasteiger partial charge in [0.1, 0.15) is 6.04 Å². The van der Waals surface area contributed by atoms with Crippen molar-refractivity contribution >= 4 is 23.2 Å². The Balaban J connectivity index is 2.53. The van der Waals surface area contributed by atoms with E-state index in [1.54, 1.807) is 0 Å². The van der Waals surface area contributed by atoms with Crippen LogP contribution in [-0.4, -0.2) is 65.1 Å². The predicted octanol–water partition coefficient (Wildman–Crippen LogP) is 0.620. The number of esters is 1. The molecule has 19 heavy (non-hydrogen) atoms. The predicted molar refractivity (Wildman–Crippen MR) is 80.1 cm³/mol. The molecule has 0 aliphatic carbocycles. The Labute approximate surface area is 121 Å². The molecule has 1 unspecified atom stereocenters. The molecule has 6 heteroatoms. The lowest BCUT2D eigenvalue weighted by Gasteiger charge is -2.44. The molecule has 0 aromatic heterocycles. The van der Waals surface area contributed by atoms with Crippen LogP contribution in [0.4, 0.5) is 0 Å². The number of nitrogens with zero attached hydrogens (tertiary/aromatic N) is 2. The van der Waals surface area contributed by atoms with E-state index in [0.717, 1.165) is 26.2 Å². The minimum Gasteiger partial charge on any atom is -0.465 e. The van der Waals surface area contributed by atoms with Crippen LogP contribution in [0, 0.1) is 0 Å². The van der Waals surface area contributed by atoms with Crippen molar-refractivity contribution in [3.63, 3.8) is 0 Å². The number of thiocarbonyl (C=S) groups is 1. The Hall–Kier alpha value is -0.720. The second-order valence-corrected chi connectivity index (χ2v) is 5.81. The van der Waals surface area contributed by atoms with Crippen LogP contribution in [0.15, 0.2) is 0 Å². The largest absolute Gasteiger partial charge is 0.465 e. The van der Waals surface area contributed by atoms with Crippen LogP contribution in [0.3, 0.4) is 0 Å². The molecule has 1 atom stereocenters. The smallest absolute Gasteiger partial charge is 0.323 e. The number of carbonyl (C=O) groups is 1. The molecular weight excluding hydrogens is 262 g/mol. The lowest BCUT2D eigenvalue weighted by atomic mass is 10.0. The van der Waals surface area contributed by atoms with Gasteiger partial charge in [-0.3, -0.25) is 14.6 Å². The van der Waals surface area contributed by atoms with Crippen LogP contribution in [0.5, 0.6) is 0 Å². The first-order valence-corrected chi connectivity index (χ1v) is 7.17. The van der Waals surface area contributed by atoms with Gasteiger partial charge in [-0.2, -0.15) is 0 Å². The van der Waals surface area contributed by atoms with Gasteiger partial charge in [0.2, 0.25) is 0 Å². The van der Waals surface area contributed by atoms with Crippen molar-refractivity contribution in [3.05, 3.63) is 0 Å². The van der Waals surface area contributed by atoms with E-state index < -0.39 is 0 Å². The standard InChI is InChI=1S/C13H25N3O2S/c1-5-18-11(17)10(2)15-6-8-16(9-7-15)13(3,4)12(14)19/h10H,5-9H2,1-4H3,(H2,14,19). The summed E-state index contributed by atoms with van der Waals surface area (Å²) in [6.45, 7) is 11.6. The van der Waals surface area contributed by atoms with Gasteiger partial charge in [-0.05, 0) is 27.7 Å². The maximum absolute atomic E-state index is 11.7. The molecular formula is C13H25N3O2S. The second kappa shape index (κ2) is 6.63. The molecule has 1 heterocycles. The maximum Gasteiger partial charge on any atom is 0.323 e. The number of carbonyl (C=O) groups excluding carboxylic acids is 1. The molecule has 0 aromatic carbocycles. The number of piperazine rings is 1. The summed E-state index contributed by atoms with van der Waals surface area (Å²) in [6.07, 6.45) is 0. The monoisotopic (exact) mass is 287 g/mol. The van der Waals surface area contributed by atoms with E-state index >= 15 is 0 Å². The first kappa shape index (κ1) is 16.3. The van der Waals surface area contributed by atoms with E-state index in [0.29, 0.717) is 11.6 Å². The van der Waals surface area contributed by atoms with Crippen molar-refractivity contribution in [1.29, 1.82) is 0 Å². The molecule has 0 saturated carbocycles. The van der Waals surface area contributed by atoms with Crippen LogP contribution in [0.25, 0.3) is 0 Å².